The van der Waals surface area contributed by atoms with Gasteiger partial charge < -0.3 is 15.5 Å². The zero-order valence-electron chi connectivity index (χ0n) is 14.2. The highest BCUT2D eigenvalue weighted by atomic mass is 16.2. The van der Waals surface area contributed by atoms with Crippen LogP contribution in [0.15, 0.2) is 48.8 Å². The number of pyridine rings is 1. The third kappa shape index (κ3) is 5.31. The number of carbonyl (C=O) groups is 2. The highest BCUT2D eigenvalue weighted by molar-refractivity contribution is 5.89. The molecule has 2 aromatic rings. The smallest absolute Gasteiger partial charge is 0.321 e. The molecule has 1 fully saturated rings. The van der Waals surface area contributed by atoms with E-state index in [2.05, 4.69) is 15.6 Å². The molecule has 3 rings (SSSR count). The Bertz CT molecular complexity index is 727. The number of rotatable bonds is 6. The average molecular weight is 338 g/mol. The lowest BCUT2D eigenvalue weighted by atomic mass is 10.1. The van der Waals surface area contributed by atoms with Crippen LogP contribution < -0.4 is 10.6 Å². The molecule has 3 amide bonds. The second-order valence-corrected chi connectivity index (χ2v) is 6.36. The summed E-state index contributed by atoms with van der Waals surface area (Å²) in [5.74, 6) is 0.0514. The van der Waals surface area contributed by atoms with Crippen molar-refractivity contribution >= 4 is 17.6 Å². The van der Waals surface area contributed by atoms with Crippen molar-refractivity contribution in [1.29, 1.82) is 0 Å². The Hall–Kier alpha value is -2.89. The fourth-order valence-electron chi connectivity index (χ4n) is 2.45. The number of nitrogens with one attached hydrogen (secondary N) is 2. The monoisotopic (exact) mass is 338 g/mol. The van der Waals surface area contributed by atoms with Crippen LogP contribution in [-0.2, 0) is 17.8 Å². The largest absolute Gasteiger partial charge is 0.353 e. The van der Waals surface area contributed by atoms with Crippen LogP contribution in [0.2, 0.25) is 0 Å². The summed E-state index contributed by atoms with van der Waals surface area (Å²) in [4.78, 5) is 29.7. The van der Waals surface area contributed by atoms with Crippen LogP contribution in [0.3, 0.4) is 0 Å². The van der Waals surface area contributed by atoms with E-state index in [1.54, 1.807) is 24.3 Å². The molecule has 6 heteroatoms. The minimum absolute atomic E-state index is 0.0514. The van der Waals surface area contributed by atoms with Gasteiger partial charge in [0, 0.05) is 37.7 Å². The molecular weight excluding hydrogens is 316 g/mol. The highest BCUT2D eigenvalue weighted by Crippen LogP contribution is 2.19. The summed E-state index contributed by atoms with van der Waals surface area (Å²) >= 11 is 0. The summed E-state index contributed by atoms with van der Waals surface area (Å²) in [6.45, 7) is 0.485. The number of hydrogen-bond acceptors (Lipinski definition) is 3. The molecule has 0 aliphatic heterocycles. The van der Waals surface area contributed by atoms with Gasteiger partial charge in [-0.3, -0.25) is 9.78 Å². The van der Waals surface area contributed by atoms with Crippen LogP contribution in [0.25, 0.3) is 0 Å². The topological polar surface area (TPSA) is 74.3 Å². The van der Waals surface area contributed by atoms with Crippen LogP contribution in [0, 0.1) is 0 Å². The molecule has 6 nitrogen and oxygen atoms in total. The van der Waals surface area contributed by atoms with Crippen LogP contribution in [0.1, 0.15) is 24.0 Å². The molecule has 0 bridgehead atoms. The molecule has 0 radical (unpaired) electrons. The normalized spacial score (nSPS) is 13.2. The molecule has 2 N–H and O–H groups in total. The van der Waals surface area contributed by atoms with E-state index < -0.39 is 0 Å². The first-order chi connectivity index (χ1) is 12.1. The second kappa shape index (κ2) is 7.79. The maximum atomic E-state index is 12.2. The Morgan fingerprint density at radius 2 is 1.92 bits per heavy atom. The second-order valence-electron chi connectivity index (χ2n) is 6.36. The van der Waals surface area contributed by atoms with Gasteiger partial charge in [-0.05, 0) is 42.2 Å². The highest BCUT2D eigenvalue weighted by Gasteiger charge is 2.23. The number of carbonyl (C=O) groups excluding carboxylic acids is 2. The van der Waals surface area contributed by atoms with Crippen molar-refractivity contribution in [3.8, 4) is 0 Å². The van der Waals surface area contributed by atoms with Crippen molar-refractivity contribution in [3.63, 3.8) is 0 Å². The number of anilines is 1. The van der Waals surface area contributed by atoms with Gasteiger partial charge in [0.1, 0.15) is 0 Å². The molecule has 0 spiro atoms. The summed E-state index contributed by atoms with van der Waals surface area (Å²) in [6, 6.07) is 11.3. The number of hydrogen-bond donors (Lipinski definition) is 2. The lowest BCUT2D eigenvalue weighted by Gasteiger charge is -2.18. The fourth-order valence-corrected chi connectivity index (χ4v) is 2.45. The summed E-state index contributed by atoms with van der Waals surface area (Å²) in [5, 5.41) is 5.82. The fraction of sp³-hybridized carbons (Fsp3) is 0.316. The quantitative estimate of drug-likeness (QED) is 0.850. The van der Waals surface area contributed by atoms with E-state index in [-0.39, 0.29) is 11.9 Å². The molecule has 0 unspecified atom stereocenters. The standard InChI is InChI=1S/C19H22N4O2/c1-23(13-15-3-2-10-20-12-15)19(25)22-17-6-4-14(5-7-17)11-18(24)21-16-8-9-16/h2-7,10,12,16H,8-9,11,13H2,1H3,(H,21,24)(H,22,25). The predicted octanol–water partition coefficient (Wildman–Crippen LogP) is 2.57. The summed E-state index contributed by atoms with van der Waals surface area (Å²) in [7, 11) is 1.74. The molecule has 0 atom stereocenters. The van der Waals surface area contributed by atoms with E-state index in [4.69, 9.17) is 0 Å². The minimum atomic E-state index is -0.192. The summed E-state index contributed by atoms with van der Waals surface area (Å²) in [5.41, 5.74) is 2.60. The third-order valence-corrected chi connectivity index (χ3v) is 4.00. The van der Waals surface area contributed by atoms with Gasteiger partial charge in [-0.2, -0.15) is 0 Å². The number of urea groups is 1. The third-order valence-electron chi connectivity index (χ3n) is 4.00. The van der Waals surface area contributed by atoms with Crippen LogP contribution in [0.4, 0.5) is 10.5 Å². The zero-order chi connectivity index (χ0) is 17.6. The summed E-state index contributed by atoms with van der Waals surface area (Å²) in [6.07, 6.45) is 5.99. The number of nitrogens with zero attached hydrogens (tertiary/aromatic N) is 2. The van der Waals surface area contributed by atoms with Gasteiger partial charge in [-0.1, -0.05) is 18.2 Å². The van der Waals surface area contributed by atoms with Crippen molar-refractivity contribution in [2.75, 3.05) is 12.4 Å². The zero-order valence-corrected chi connectivity index (χ0v) is 14.2. The van der Waals surface area contributed by atoms with E-state index in [9.17, 15) is 9.59 Å². The molecule has 1 aliphatic rings. The van der Waals surface area contributed by atoms with Crippen molar-refractivity contribution in [2.45, 2.75) is 31.8 Å². The van der Waals surface area contributed by atoms with E-state index in [0.717, 1.165) is 24.0 Å². The lowest BCUT2D eigenvalue weighted by molar-refractivity contribution is -0.120. The minimum Gasteiger partial charge on any atom is -0.353 e. The first-order valence-electron chi connectivity index (χ1n) is 8.39. The molecule has 1 aliphatic carbocycles. The Morgan fingerprint density at radius 1 is 1.16 bits per heavy atom. The Kier molecular flexibility index (Phi) is 5.28. The van der Waals surface area contributed by atoms with Gasteiger partial charge in [0.25, 0.3) is 0 Å². The SMILES string of the molecule is CN(Cc1cccnc1)C(=O)Nc1ccc(CC(=O)NC2CC2)cc1. The van der Waals surface area contributed by atoms with Crippen LogP contribution in [0.5, 0.6) is 0 Å². The van der Waals surface area contributed by atoms with E-state index >= 15 is 0 Å². The number of benzene rings is 1. The van der Waals surface area contributed by atoms with E-state index in [0.29, 0.717) is 24.7 Å². The molecule has 1 saturated carbocycles. The Balaban J connectivity index is 1.49. The lowest BCUT2D eigenvalue weighted by Crippen LogP contribution is -2.30. The molecule has 1 aromatic heterocycles. The number of amides is 3. The van der Waals surface area contributed by atoms with Gasteiger partial charge >= 0.3 is 6.03 Å². The number of aromatic nitrogens is 1. The van der Waals surface area contributed by atoms with Gasteiger partial charge in [-0.15, -0.1) is 0 Å². The van der Waals surface area contributed by atoms with E-state index in [1.165, 1.54) is 0 Å². The molecule has 130 valence electrons. The van der Waals surface area contributed by atoms with E-state index in [1.807, 2.05) is 36.4 Å². The first-order valence-corrected chi connectivity index (χ1v) is 8.39. The van der Waals surface area contributed by atoms with Crippen LogP contribution in [-0.4, -0.2) is 34.9 Å². The van der Waals surface area contributed by atoms with Crippen molar-refractivity contribution in [1.82, 2.24) is 15.2 Å². The molecule has 1 heterocycles. The van der Waals surface area contributed by atoms with Gasteiger partial charge in [0.15, 0.2) is 0 Å². The molecular formula is C19H22N4O2. The van der Waals surface area contributed by atoms with Crippen molar-refractivity contribution in [2.24, 2.45) is 0 Å². The van der Waals surface area contributed by atoms with Gasteiger partial charge in [0.2, 0.25) is 5.91 Å². The Morgan fingerprint density at radius 3 is 2.56 bits per heavy atom. The van der Waals surface area contributed by atoms with Gasteiger partial charge in [0.05, 0.1) is 6.42 Å². The van der Waals surface area contributed by atoms with Crippen molar-refractivity contribution in [3.05, 3.63) is 59.9 Å². The summed E-state index contributed by atoms with van der Waals surface area (Å²) < 4.78 is 0. The molecule has 25 heavy (non-hydrogen) atoms. The maximum absolute atomic E-state index is 12.2. The average Bonchev–Trinajstić information content (AvgIpc) is 3.41. The van der Waals surface area contributed by atoms with Crippen molar-refractivity contribution < 1.29 is 9.59 Å². The van der Waals surface area contributed by atoms with Crippen LogP contribution >= 0.6 is 0 Å². The van der Waals surface area contributed by atoms with Gasteiger partial charge in [-0.25, -0.2) is 4.79 Å². The first kappa shape index (κ1) is 17.0. The maximum Gasteiger partial charge on any atom is 0.321 e. The Labute approximate surface area is 147 Å². The molecule has 1 aromatic carbocycles. The molecule has 0 saturated heterocycles. The predicted molar refractivity (Wildman–Crippen MR) is 96.0 cm³/mol.